The maximum absolute atomic E-state index is 14.5. The van der Waals surface area contributed by atoms with Gasteiger partial charge in [0.15, 0.2) is 6.10 Å². The Kier molecular flexibility index (Phi) is 11.1. The Morgan fingerprint density at radius 1 is 0.979 bits per heavy atom. The van der Waals surface area contributed by atoms with Gasteiger partial charge >= 0.3 is 12.1 Å². The van der Waals surface area contributed by atoms with Crippen molar-refractivity contribution >= 4 is 23.0 Å². The van der Waals surface area contributed by atoms with Gasteiger partial charge in [-0.25, -0.2) is 9.59 Å². The zero-order chi connectivity index (χ0) is 33.0. The van der Waals surface area contributed by atoms with E-state index in [4.69, 9.17) is 9.47 Å². The van der Waals surface area contributed by atoms with E-state index in [2.05, 4.69) is 53.3 Å². The number of pyridine rings is 1. The summed E-state index contributed by atoms with van der Waals surface area (Å²) in [6.07, 6.45) is 5.01. The smallest absolute Gasteiger partial charge is 0.408 e. The van der Waals surface area contributed by atoms with Crippen LogP contribution in [0.5, 0.6) is 0 Å². The summed E-state index contributed by atoms with van der Waals surface area (Å²) in [4.78, 5) is 32.2. The molecule has 3 aliphatic rings. The highest BCUT2D eigenvalue weighted by Gasteiger charge is 2.55. The largest absolute Gasteiger partial charge is 1.00 e. The van der Waals surface area contributed by atoms with Crippen LogP contribution in [0.2, 0.25) is 0 Å². The average molecular weight is 713 g/mol. The Hall–Kier alpha value is -4.01. The molecule has 1 unspecified atom stereocenters. The number of halogens is 1. The molecule has 7 rings (SSSR count). The van der Waals surface area contributed by atoms with Crippen LogP contribution in [0.15, 0.2) is 110 Å². The number of alkyl carbamates (subject to hydrolysis) is 1. The van der Waals surface area contributed by atoms with Crippen molar-refractivity contribution in [3.8, 4) is 0 Å². The fourth-order valence-electron chi connectivity index (χ4n) is 7.73. The summed E-state index contributed by atoms with van der Waals surface area (Å²) >= 11 is 0. The minimum absolute atomic E-state index is 0. The van der Waals surface area contributed by atoms with Gasteiger partial charge in [-0.2, -0.15) is 0 Å². The lowest BCUT2D eigenvalue weighted by atomic mass is 9.71. The van der Waals surface area contributed by atoms with Crippen LogP contribution < -0.4 is 22.3 Å². The van der Waals surface area contributed by atoms with Crippen molar-refractivity contribution < 1.29 is 40.5 Å². The van der Waals surface area contributed by atoms with Crippen molar-refractivity contribution in [3.63, 3.8) is 0 Å². The number of fused-ring (bicyclic) bond motifs is 4. The van der Waals surface area contributed by atoms with Gasteiger partial charge < -0.3 is 36.3 Å². The average Bonchev–Trinajstić information content (AvgIpc) is 3.06. The third kappa shape index (κ3) is 7.99. The number of ether oxygens (including phenoxy) is 2. The van der Waals surface area contributed by atoms with Crippen LogP contribution in [-0.4, -0.2) is 52.3 Å². The minimum Gasteiger partial charge on any atom is -1.00 e. The van der Waals surface area contributed by atoms with Crippen LogP contribution in [-0.2, 0) is 27.2 Å². The van der Waals surface area contributed by atoms with E-state index in [0.717, 1.165) is 59.0 Å². The number of piperidine rings is 3. The zero-order valence-corrected chi connectivity index (χ0v) is 29.6. The van der Waals surface area contributed by atoms with Gasteiger partial charge in [0.05, 0.1) is 18.6 Å². The van der Waals surface area contributed by atoms with Crippen molar-refractivity contribution in [2.45, 2.75) is 70.4 Å². The van der Waals surface area contributed by atoms with E-state index in [1.54, 1.807) is 20.8 Å². The highest BCUT2D eigenvalue weighted by molar-refractivity contribution is 5.84. The molecule has 0 aliphatic carbocycles. The van der Waals surface area contributed by atoms with Gasteiger partial charge in [-0.05, 0) is 44.4 Å². The van der Waals surface area contributed by atoms with E-state index in [1.807, 2.05) is 66.9 Å². The number of nitrogens with zero attached hydrogens (tertiary/aromatic N) is 2. The number of carbonyl (C=O) groups excluding carboxylic acids is 2. The van der Waals surface area contributed by atoms with Gasteiger partial charge in [-0.15, -0.1) is 6.58 Å². The maximum Gasteiger partial charge on any atom is 0.408 e. The van der Waals surface area contributed by atoms with E-state index in [1.165, 1.54) is 5.56 Å². The van der Waals surface area contributed by atoms with Crippen LogP contribution in [0.4, 0.5) is 4.79 Å². The Bertz CT molecular complexity index is 1700. The molecule has 1 aromatic heterocycles. The number of carbonyl (C=O) groups is 2. The normalized spacial score (nSPS) is 22.9. The van der Waals surface area contributed by atoms with Gasteiger partial charge in [-0.1, -0.05) is 84.9 Å². The predicted molar refractivity (Wildman–Crippen MR) is 184 cm³/mol. The predicted octanol–water partition coefficient (Wildman–Crippen LogP) is 4.57. The molecule has 4 aromatic rings. The summed E-state index contributed by atoms with van der Waals surface area (Å²) in [6, 6.07) is 29.4. The number of aromatic nitrogens is 1. The lowest BCUT2D eigenvalue weighted by Gasteiger charge is -2.58. The molecule has 3 saturated heterocycles. The van der Waals surface area contributed by atoms with Crippen molar-refractivity contribution in [2.24, 2.45) is 11.8 Å². The van der Waals surface area contributed by atoms with Gasteiger partial charge in [0.2, 0.25) is 0 Å². The first-order chi connectivity index (χ1) is 22.6. The van der Waals surface area contributed by atoms with Crippen LogP contribution in [0.3, 0.4) is 0 Å². The molecular weight excluding hydrogens is 666 g/mol. The van der Waals surface area contributed by atoms with Gasteiger partial charge in [-0.3, -0.25) is 4.98 Å². The number of nitrogens with one attached hydrogen (secondary N) is 1. The maximum atomic E-state index is 14.5. The summed E-state index contributed by atoms with van der Waals surface area (Å²) in [5.41, 5.74) is 3.26. The summed E-state index contributed by atoms with van der Waals surface area (Å²) in [5, 5.41) is 3.82. The molecule has 4 heterocycles. The molecule has 1 amide bonds. The van der Waals surface area contributed by atoms with Crippen molar-refractivity contribution in [2.75, 3.05) is 13.1 Å². The Balaban J connectivity index is 0.00000451. The number of rotatable bonds is 10. The second-order valence-electron chi connectivity index (χ2n) is 14.2. The van der Waals surface area contributed by atoms with Crippen molar-refractivity contribution in [1.82, 2.24) is 10.3 Å². The lowest BCUT2D eigenvalue weighted by Crippen LogP contribution is -3.00. The van der Waals surface area contributed by atoms with E-state index < -0.39 is 29.8 Å². The molecule has 0 spiro atoms. The fraction of sp³-hybridized carbons (Fsp3) is 0.375. The van der Waals surface area contributed by atoms with E-state index in [0.29, 0.717) is 11.8 Å². The molecule has 3 aromatic carbocycles. The summed E-state index contributed by atoms with van der Waals surface area (Å²) in [5.74, 6) is 0.378. The van der Waals surface area contributed by atoms with Crippen molar-refractivity contribution in [3.05, 3.63) is 127 Å². The molecular formula is C40H46BrN3O4. The molecule has 0 saturated carbocycles. The molecule has 3 aliphatic heterocycles. The molecule has 8 heteroatoms. The van der Waals surface area contributed by atoms with E-state index in [-0.39, 0.29) is 29.4 Å². The Labute approximate surface area is 294 Å². The molecule has 48 heavy (non-hydrogen) atoms. The Morgan fingerprint density at radius 3 is 2.33 bits per heavy atom. The van der Waals surface area contributed by atoms with Gasteiger partial charge in [0.1, 0.15) is 24.2 Å². The fourth-order valence-corrected chi connectivity index (χ4v) is 7.73. The quantitative estimate of drug-likeness (QED) is 0.148. The molecule has 2 bridgehead atoms. The topological polar surface area (TPSA) is 77.5 Å². The zero-order valence-electron chi connectivity index (χ0n) is 28.1. The summed E-state index contributed by atoms with van der Waals surface area (Å²) < 4.78 is 13.1. The molecule has 0 radical (unpaired) electrons. The van der Waals surface area contributed by atoms with Crippen LogP contribution in [0, 0.1) is 11.8 Å². The van der Waals surface area contributed by atoms with Crippen LogP contribution in [0.1, 0.15) is 56.4 Å². The number of hydrogen-bond donors (Lipinski definition) is 1. The standard InChI is InChI=1S/C40H45N3O4.BrH/c1-5-30-27-43(26-29-16-10-7-11-17-29)23-21-31(30)25-36(43)37(33-20-22-41-34-19-13-12-18-32(33)34)46-38(44)35(24-28-14-8-6-9-15-28)42-39(45)47-40(2,3)4;/h5-20,22,30-31,35-37H,1,21,23-27H2,2-4H3;1H/t30-,31-,35+,36+,37-,43?;/m0./s1. The molecule has 3 fully saturated rings. The number of hydrogen-bond acceptors (Lipinski definition) is 5. The summed E-state index contributed by atoms with van der Waals surface area (Å²) in [6.45, 7) is 12.4. The van der Waals surface area contributed by atoms with Gasteiger partial charge in [0.25, 0.3) is 0 Å². The van der Waals surface area contributed by atoms with E-state index >= 15 is 0 Å². The summed E-state index contributed by atoms with van der Waals surface area (Å²) in [7, 11) is 0. The van der Waals surface area contributed by atoms with E-state index in [9.17, 15) is 9.59 Å². The number of benzene rings is 3. The highest BCUT2D eigenvalue weighted by Crippen LogP contribution is 2.49. The lowest BCUT2D eigenvalue weighted by molar-refractivity contribution is -0.984. The minimum atomic E-state index is -0.942. The molecule has 252 valence electrons. The van der Waals surface area contributed by atoms with Gasteiger partial charge in [0, 0.05) is 47.9 Å². The highest BCUT2D eigenvalue weighted by atomic mass is 79.9. The van der Waals surface area contributed by atoms with Crippen LogP contribution >= 0.6 is 0 Å². The first-order valence-electron chi connectivity index (χ1n) is 16.7. The number of amides is 1. The number of esters is 1. The SMILES string of the molecule is C=C[C@H]1C[N+]2(Cc3ccccc3)CC[C@H]1C[C@@H]2[C@@H](OC(=O)[C@@H](Cc1ccccc1)NC(=O)OC(C)(C)C)c1ccnc2ccccc12.[Br-]. The monoisotopic (exact) mass is 711 g/mol. The first kappa shape index (κ1) is 35.3. The third-order valence-corrected chi connectivity index (χ3v) is 9.86. The first-order valence-corrected chi connectivity index (χ1v) is 16.7. The molecule has 6 atom stereocenters. The Morgan fingerprint density at radius 2 is 1.65 bits per heavy atom. The third-order valence-electron chi connectivity index (χ3n) is 9.86. The second kappa shape index (κ2) is 15.0. The van der Waals surface area contributed by atoms with Crippen LogP contribution in [0.25, 0.3) is 10.9 Å². The second-order valence-corrected chi connectivity index (χ2v) is 14.2. The van der Waals surface area contributed by atoms with Crippen molar-refractivity contribution in [1.29, 1.82) is 0 Å². The number of para-hydroxylation sites is 1. The molecule has 7 nitrogen and oxygen atoms in total. The molecule has 1 N–H and O–H groups in total. The number of quaternary nitrogens is 1.